The summed E-state index contributed by atoms with van der Waals surface area (Å²) in [7, 11) is 1.80. The Morgan fingerprint density at radius 1 is 0.966 bits per heavy atom. The Labute approximate surface area is 169 Å². The number of aromatic hydroxyl groups is 1. The van der Waals surface area contributed by atoms with Crippen LogP contribution in [0.15, 0.2) is 91.3 Å². The number of phenolic OH excluding ortho intramolecular Hbond substituents is 1. The van der Waals surface area contributed by atoms with Gasteiger partial charge in [-0.15, -0.1) is 0 Å². The number of nitrogens with zero attached hydrogens (tertiary/aromatic N) is 3. The number of carbonyl (C=O) groups excluding carboxylic acids is 1. The van der Waals surface area contributed by atoms with Gasteiger partial charge >= 0.3 is 0 Å². The van der Waals surface area contributed by atoms with Crippen molar-refractivity contribution < 1.29 is 9.90 Å². The van der Waals surface area contributed by atoms with Crippen molar-refractivity contribution in [2.75, 3.05) is 7.05 Å². The van der Waals surface area contributed by atoms with Crippen LogP contribution in [0.1, 0.15) is 15.9 Å². The Hall–Kier alpha value is -3.86. The molecule has 1 aromatic heterocycles. The van der Waals surface area contributed by atoms with E-state index in [1.807, 2.05) is 72.9 Å². The first-order chi connectivity index (χ1) is 14.1. The summed E-state index contributed by atoms with van der Waals surface area (Å²) in [5.74, 6) is 0.200. The smallest absolute Gasteiger partial charge is 0.253 e. The summed E-state index contributed by atoms with van der Waals surface area (Å²) < 4.78 is 1.80. The molecule has 5 heteroatoms. The number of carbonyl (C=O) groups is 1. The molecule has 0 saturated heterocycles. The number of hydrogen-bond acceptors (Lipinski definition) is 3. The van der Waals surface area contributed by atoms with Crippen LogP contribution in [0.5, 0.6) is 5.75 Å². The lowest BCUT2D eigenvalue weighted by molar-refractivity contribution is 0.0785. The molecule has 0 aliphatic rings. The molecule has 4 aromatic rings. The van der Waals surface area contributed by atoms with Gasteiger partial charge in [0, 0.05) is 31.5 Å². The zero-order chi connectivity index (χ0) is 20.2. The van der Waals surface area contributed by atoms with Crippen LogP contribution in [0.4, 0.5) is 0 Å². The molecule has 0 radical (unpaired) electrons. The minimum absolute atomic E-state index is 0.0354. The maximum atomic E-state index is 12.8. The fraction of sp³-hybridized carbons (Fsp3) is 0.0833. The van der Waals surface area contributed by atoms with Gasteiger partial charge in [0.2, 0.25) is 0 Å². The Balaban J connectivity index is 1.47. The number of hydrogen-bond donors (Lipinski definition) is 1. The largest absolute Gasteiger partial charge is 0.508 e. The molecule has 0 spiro atoms. The highest BCUT2D eigenvalue weighted by molar-refractivity contribution is 5.94. The van der Waals surface area contributed by atoms with E-state index in [1.54, 1.807) is 35.0 Å². The highest BCUT2D eigenvalue weighted by Gasteiger charge is 2.13. The first kappa shape index (κ1) is 18.5. The Morgan fingerprint density at radius 2 is 1.66 bits per heavy atom. The van der Waals surface area contributed by atoms with Gasteiger partial charge in [-0.05, 0) is 59.2 Å². The molecule has 5 nitrogen and oxygen atoms in total. The van der Waals surface area contributed by atoms with Gasteiger partial charge in [-0.1, -0.05) is 36.4 Å². The van der Waals surface area contributed by atoms with Gasteiger partial charge in [0.15, 0.2) is 0 Å². The predicted molar refractivity (Wildman–Crippen MR) is 113 cm³/mol. The van der Waals surface area contributed by atoms with Crippen molar-refractivity contribution in [3.63, 3.8) is 0 Å². The monoisotopic (exact) mass is 383 g/mol. The molecule has 1 heterocycles. The van der Waals surface area contributed by atoms with Crippen LogP contribution >= 0.6 is 0 Å². The van der Waals surface area contributed by atoms with Crippen molar-refractivity contribution in [1.82, 2.24) is 14.7 Å². The Kier molecular flexibility index (Phi) is 5.12. The molecule has 1 N–H and O–H groups in total. The summed E-state index contributed by atoms with van der Waals surface area (Å²) in [5, 5.41) is 13.7. The SMILES string of the molecule is CN(Cc1cccc(-n2cccn2)c1)C(=O)c1ccc(-c2ccc(O)cc2)cc1. The summed E-state index contributed by atoms with van der Waals surface area (Å²) in [4.78, 5) is 14.5. The van der Waals surface area contributed by atoms with Crippen molar-refractivity contribution in [2.24, 2.45) is 0 Å². The molecule has 0 saturated carbocycles. The standard InChI is InChI=1S/C24H21N3O2/c1-26(17-18-4-2-5-22(16-18)27-15-3-14-25-27)24(29)21-8-6-19(7-9-21)20-10-12-23(28)13-11-20/h2-16,28H,17H2,1H3. The van der Waals surface area contributed by atoms with Crippen LogP contribution in [-0.2, 0) is 6.54 Å². The maximum absolute atomic E-state index is 12.8. The quantitative estimate of drug-likeness (QED) is 0.551. The molecule has 0 unspecified atom stereocenters. The number of rotatable bonds is 5. The van der Waals surface area contributed by atoms with Gasteiger partial charge in [-0.3, -0.25) is 4.79 Å². The second kappa shape index (κ2) is 8.02. The third-order valence-corrected chi connectivity index (χ3v) is 4.78. The van der Waals surface area contributed by atoms with Crippen LogP contribution in [0.3, 0.4) is 0 Å². The highest BCUT2D eigenvalue weighted by atomic mass is 16.3. The Morgan fingerprint density at radius 3 is 2.31 bits per heavy atom. The number of benzene rings is 3. The van der Waals surface area contributed by atoms with Gasteiger partial charge in [-0.25, -0.2) is 4.68 Å². The minimum Gasteiger partial charge on any atom is -0.508 e. The van der Waals surface area contributed by atoms with E-state index in [0.29, 0.717) is 12.1 Å². The molecule has 144 valence electrons. The van der Waals surface area contributed by atoms with Crippen molar-refractivity contribution >= 4 is 5.91 Å². The average molecular weight is 383 g/mol. The van der Waals surface area contributed by atoms with Crippen LogP contribution in [0.2, 0.25) is 0 Å². The van der Waals surface area contributed by atoms with Gasteiger partial charge in [-0.2, -0.15) is 5.10 Å². The molecule has 0 aliphatic carbocycles. The molecule has 3 aromatic carbocycles. The van der Waals surface area contributed by atoms with E-state index in [0.717, 1.165) is 22.4 Å². The van der Waals surface area contributed by atoms with Crippen LogP contribution < -0.4 is 0 Å². The van der Waals surface area contributed by atoms with Crippen LogP contribution in [-0.4, -0.2) is 32.7 Å². The lowest BCUT2D eigenvalue weighted by atomic mass is 10.0. The summed E-state index contributed by atoms with van der Waals surface area (Å²) in [6, 6.07) is 24.4. The van der Waals surface area contributed by atoms with E-state index in [9.17, 15) is 9.90 Å². The van der Waals surface area contributed by atoms with Crippen LogP contribution in [0, 0.1) is 0 Å². The number of phenols is 1. The Bertz CT molecular complexity index is 1100. The van der Waals surface area contributed by atoms with Gasteiger partial charge < -0.3 is 10.0 Å². The predicted octanol–water partition coefficient (Wildman–Crippen LogP) is 4.52. The number of amides is 1. The van der Waals surface area contributed by atoms with E-state index in [4.69, 9.17) is 0 Å². The molecule has 0 bridgehead atoms. The third kappa shape index (κ3) is 4.19. The lowest BCUT2D eigenvalue weighted by Crippen LogP contribution is -2.26. The van der Waals surface area contributed by atoms with Crippen LogP contribution in [0.25, 0.3) is 16.8 Å². The van der Waals surface area contributed by atoms with E-state index < -0.39 is 0 Å². The molecule has 0 aliphatic heterocycles. The zero-order valence-corrected chi connectivity index (χ0v) is 16.1. The minimum atomic E-state index is -0.0354. The van der Waals surface area contributed by atoms with Gasteiger partial charge in [0.1, 0.15) is 5.75 Å². The second-order valence-corrected chi connectivity index (χ2v) is 6.91. The summed E-state index contributed by atoms with van der Waals surface area (Å²) in [6.45, 7) is 0.508. The summed E-state index contributed by atoms with van der Waals surface area (Å²) in [6.07, 6.45) is 3.63. The first-order valence-electron chi connectivity index (χ1n) is 9.34. The average Bonchev–Trinajstić information content (AvgIpc) is 3.29. The van der Waals surface area contributed by atoms with Gasteiger partial charge in [0.05, 0.1) is 5.69 Å². The fourth-order valence-corrected chi connectivity index (χ4v) is 3.24. The second-order valence-electron chi connectivity index (χ2n) is 6.91. The topological polar surface area (TPSA) is 58.4 Å². The van der Waals surface area contributed by atoms with Crippen molar-refractivity contribution in [2.45, 2.75) is 6.54 Å². The van der Waals surface area contributed by atoms with E-state index in [1.165, 1.54) is 0 Å². The molecule has 4 rings (SSSR count). The first-order valence-corrected chi connectivity index (χ1v) is 9.34. The highest BCUT2D eigenvalue weighted by Crippen LogP contribution is 2.22. The third-order valence-electron chi connectivity index (χ3n) is 4.78. The maximum Gasteiger partial charge on any atom is 0.253 e. The summed E-state index contributed by atoms with van der Waals surface area (Å²) >= 11 is 0. The molecule has 0 atom stereocenters. The van der Waals surface area contributed by atoms with E-state index in [-0.39, 0.29) is 11.7 Å². The molecular weight excluding hydrogens is 362 g/mol. The molecule has 0 fully saturated rings. The fourth-order valence-electron chi connectivity index (χ4n) is 3.24. The van der Waals surface area contributed by atoms with E-state index >= 15 is 0 Å². The summed E-state index contributed by atoms with van der Waals surface area (Å²) in [5.41, 5.74) is 4.63. The van der Waals surface area contributed by atoms with Crippen molar-refractivity contribution in [3.05, 3.63) is 102 Å². The molecule has 29 heavy (non-hydrogen) atoms. The zero-order valence-electron chi connectivity index (χ0n) is 16.1. The van der Waals surface area contributed by atoms with Crippen molar-refractivity contribution in [1.29, 1.82) is 0 Å². The molecule has 1 amide bonds. The normalized spacial score (nSPS) is 10.7. The van der Waals surface area contributed by atoms with E-state index in [2.05, 4.69) is 5.10 Å². The molecular formula is C24H21N3O2. The number of aromatic nitrogens is 2. The van der Waals surface area contributed by atoms with Gasteiger partial charge in [0.25, 0.3) is 5.91 Å². The lowest BCUT2D eigenvalue weighted by Gasteiger charge is -2.18. The van der Waals surface area contributed by atoms with Crippen molar-refractivity contribution in [3.8, 4) is 22.6 Å².